The maximum Gasteiger partial charge on any atom is 0.0667 e. The molecule has 2 unspecified atom stereocenters. The molecule has 96 valence electrons. The number of aliphatic hydroxyl groups is 1. The molecule has 0 saturated heterocycles. The largest absolute Gasteiger partial charge is 0.392 e. The average Bonchev–Trinajstić information content (AvgIpc) is 2.76. The van der Waals surface area contributed by atoms with Gasteiger partial charge in [-0.15, -0.1) is 0 Å². The van der Waals surface area contributed by atoms with Gasteiger partial charge in [-0.1, -0.05) is 45.4 Å². The van der Waals surface area contributed by atoms with Gasteiger partial charge in [-0.3, -0.25) is 0 Å². The number of hydrogen-bond acceptors (Lipinski definition) is 2. The zero-order valence-corrected chi connectivity index (χ0v) is 11.0. The quantitative estimate of drug-likeness (QED) is 0.668. The maximum atomic E-state index is 9.92. The van der Waals surface area contributed by atoms with E-state index in [1.807, 2.05) is 0 Å². The third-order valence-corrected chi connectivity index (χ3v) is 3.77. The van der Waals surface area contributed by atoms with E-state index in [-0.39, 0.29) is 6.10 Å². The molecule has 1 aliphatic rings. The molecule has 2 atom stereocenters. The summed E-state index contributed by atoms with van der Waals surface area (Å²) >= 11 is 0. The van der Waals surface area contributed by atoms with Crippen molar-refractivity contribution in [1.29, 1.82) is 0 Å². The van der Waals surface area contributed by atoms with E-state index >= 15 is 0 Å². The molecule has 0 aromatic heterocycles. The molecule has 0 heterocycles. The predicted molar refractivity (Wildman–Crippen MR) is 69.6 cm³/mol. The van der Waals surface area contributed by atoms with Crippen molar-refractivity contribution in [1.82, 2.24) is 5.32 Å². The van der Waals surface area contributed by atoms with Crippen LogP contribution in [0.3, 0.4) is 0 Å². The Morgan fingerprint density at radius 2 is 2.00 bits per heavy atom. The molecule has 0 aromatic rings. The summed E-state index contributed by atoms with van der Waals surface area (Å²) < 4.78 is 0. The topological polar surface area (TPSA) is 32.3 Å². The van der Waals surface area contributed by atoms with Gasteiger partial charge in [0, 0.05) is 12.6 Å². The fourth-order valence-electron chi connectivity index (χ4n) is 2.66. The molecule has 16 heavy (non-hydrogen) atoms. The number of rotatable bonds is 8. The minimum atomic E-state index is -0.132. The summed E-state index contributed by atoms with van der Waals surface area (Å²) in [7, 11) is 0. The molecule has 1 saturated carbocycles. The van der Waals surface area contributed by atoms with Crippen LogP contribution in [0, 0.1) is 5.92 Å². The van der Waals surface area contributed by atoms with Gasteiger partial charge in [0.1, 0.15) is 0 Å². The van der Waals surface area contributed by atoms with Gasteiger partial charge in [-0.25, -0.2) is 0 Å². The van der Waals surface area contributed by atoms with E-state index in [4.69, 9.17) is 0 Å². The van der Waals surface area contributed by atoms with Gasteiger partial charge in [0.25, 0.3) is 0 Å². The lowest BCUT2D eigenvalue weighted by Crippen LogP contribution is -2.34. The Balaban J connectivity index is 2.02. The van der Waals surface area contributed by atoms with Gasteiger partial charge in [0.2, 0.25) is 0 Å². The first kappa shape index (κ1) is 14.0. The minimum absolute atomic E-state index is 0.132. The molecule has 1 fully saturated rings. The van der Waals surface area contributed by atoms with E-state index in [1.54, 1.807) is 0 Å². The van der Waals surface area contributed by atoms with Crippen LogP contribution in [0.5, 0.6) is 0 Å². The fraction of sp³-hybridized carbons (Fsp3) is 1.00. The molecule has 0 aliphatic heterocycles. The van der Waals surface area contributed by atoms with Crippen LogP contribution in [0.1, 0.15) is 65.2 Å². The molecule has 1 rings (SSSR count). The summed E-state index contributed by atoms with van der Waals surface area (Å²) in [5.41, 5.74) is 0. The van der Waals surface area contributed by atoms with Crippen molar-refractivity contribution in [3.8, 4) is 0 Å². The molecule has 2 heteroatoms. The van der Waals surface area contributed by atoms with Gasteiger partial charge in [0.15, 0.2) is 0 Å². The number of nitrogens with one attached hydrogen (secondary N) is 1. The Morgan fingerprint density at radius 3 is 2.62 bits per heavy atom. The van der Waals surface area contributed by atoms with Crippen molar-refractivity contribution in [3.63, 3.8) is 0 Å². The van der Waals surface area contributed by atoms with Crippen LogP contribution in [-0.4, -0.2) is 23.8 Å². The second-order valence-electron chi connectivity index (χ2n) is 5.49. The second kappa shape index (κ2) is 8.08. The van der Waals surface area contributed by atoms with Gasteiger partial charge >= 0.3 is 0 Å². The molecular weight excluding hydrogens is 198 g/mol. The Labute approximate surface area is 101 Å². The summed E-state index contributed by atoms with van der Waals surface area (Å²) in [4.78, 5) is 0. The number of aliphatic hydroxyl groups excluding tert-OH is 1. The lowest BCUT2D eigenvalue weighted by atomic mass is 10.00. The number of hydrogen-bond donors (Lipinski definition) is 2. The Morgan fingerprint density at radius 1 is 1.31 bits per heavy atom. The summed E-state index contributed by atoms with van der Waals surface area (Å²) in [6.07, 6.45) is 10.1. The van der Waals surface area contributed by atoms with Crippen molar-refractivity contribution in [3.05, 3.63) is 0 Å². The van der Waals surface area contributed by atoms with E-state index in [0.717, 1.165) is 18.9 Å². The molecule has 0 radical (unpaired) electrons. The molecule has 0 amide bonds. The van der Waals surface area contributed by atoms with Crippen LogP contribution >= 0.6 is 0 Å². The summed E-state index contributed by atoms with van der Waals surface area (Å²) in [5.74, 6) is 0.794. The summed E-state index contributed by atoms with van der Waals surface area (Å²) in [5, 5.41) is 13.4. The SMILES string of the molecule is CCCCC(C)NCC(O)CC1CCCC1. The van der Waals surface area contributed by atoms with Crippen LogP contribution in [0.4, 0.5) is 0 Å². The van der Waals surface area contributed by atoms with Crippen LogP contribution in [0.2, 0.25) is 0 Å². The van der Waals surface area contributed by atoms with E-state index in [1.165, 1.54) is 44.9 Å². The van der Waals surface area contributed by atoms with Gasteiger partial charge in [-0.05, 0) is 25.7 Å². The van der Waals surface area contributed by atoms with E-state index < -0.39 is 0 Å². The van der Waals surface area contributed by atoms with Crippen molar-refractivity contribution in [2.24, 2.45) is 5.92 Å². The third kappa shape index (κ3) is 5.86. The average molecular weight is 227 g/mol. The van der Waals surface area contributed by atoms with Crippen LogP contribution in [0.25, 0.3) is 0 Å². The van der Waals surface area contributed by atoms with Gasteiger partial charge in [-0.2, -0.15) is 0 Å². The smallest absolute Gasteiger partial charge is 0.0667 e. The summed E-state index contributed by atoms with van der Waals surface area (Å²) in [6, 6.07) is 0.554. The van der Waals surface area contributed by atoms with E-state index in [9.17, 15) is 5.11 Å². The van der Waals surface area contributed by atoms with Crippen molar-refractivity contribution >= 4 is 0 Å². The monoisotopic (exact) mass is 227 g/mol. The first-order valence-electron chi connectivity index (χ1n) is 7.13. The highest BCUT2D eigenvalue weighted by Crippen LogP contribution is 2.28. The highest BCUT2D eigenvalue weighted by atomic mass is 16.3. The minimum Gasteiger partial charge on any atom is -0.392 e. The van der Waals surface area contributed by atoms with Crippen molar-refractivity contribution in [2.75, 3.05) is 6.54 Å². The highest BCUT2D eigenvalue weighted by molar-refractivity contribution is 4.73. The lowest BCUT2D eigenvalue weighted by molar-refractivity contribution is 0.137. The van der Waals surface area contributed by atoms with Crippen LogP contribution in [-0.2, 0) is 0 Å². The van der Waals surface area contributed by atoms with Gasteiger partial charge < -0.3 is 10.4 Å². The first-order valence-corrected chi connectivity index (χ1v) is 7.13. The molecule has 0 bridgehead atoms. The van der Waals surface area contributed by atoms with Crippen molar-refractivity contribution in [2.45, 2.75) is 77.4 Å². The molecule has 1 aliphatic carbocycles. The predicted octanol–water partition coefficient (Wildman–Crippen LogP) is 3.10. The van der Waals surface area contributed by atoms with Gasteiger partial charge in [0.05, 0.1) is 6.10 Å². The zero-order chi connectivity index (χ0) is 11.8. The lowest BCUT2D eigenvalue weighted by Gasteiger charge is -2.19. The zero-order valence-electron chi connectivity index (χ0n) is 11.0. The fourth-order valence-corrected chi connectivity index (χ4v) is 2.66. The standard InChI is InChI=1S/C14H29NO/c1-3-4-7-12(2)15-11-14(16)10-13-8-5-6-9-13/h12-16H,3-11H2,1-2H3. The van der Waals surface area contributed by atoms with Crippen LogP contribution < -0.4 is 5.32 Å². The molecule has 2 N–H and O–H groups in total. The maximum absolute atomic E-state index is 9.92. The van der Waals surface area contributed by atoms with Crippen LogP contribution in [0.15, 0.2) is 0 Å². The third-order valence-electron chi connectivity index (χ3n) is 3.77. The molecule has 0 spiro atoms. The summed E-state index contributed by atoms with van der Waals surface area (Å²) in [6.45, 7) is 5.22. The van der Waals surface area contributed by atoms with E-state index in [2.05, 4.69) is 19.2 Å². The van der Waals surface area contributed by atoms with E-state index in [0.29, 0.717) is 6.04 Å². The first-order chi connectivity index (χ1) is 7.72. The molecule has 0 aromatic carbocycles. The Bertz CT molecular complexity index is 166. The Hall–Kier alpha value is -0.0800. The van der Waals surface area contributed by atoms with Crippen molar-refractivity contribution < 1.29 is 5.11 Å². The number of unbranched alkanes of at least 4 members (excludes halogenated alkanes) is 1. The highest BCUT2D eigenvalue weighted by Gasteiger charge is 2.18. The Kier molecular flexibility index (Phi) is 7.06. The second-order valence-corrected chi connectivity index (χ2v) is 5.49. The normalized spacial score (nSPS) is 21.2. The molecule has 2 nitrogen and oxygen atoms in total. The molecular formula is C14H29NO.